The van der Waals surface area contributed by atoms with Crippen LogP contribution in [0.1, 0.15) is 26.2 Å². The van der Waals surface area contributed by atoms with Gasteiger partial charge in [-0.05, 0) is 6.42 Å². The van der Waals surface area contributed by atoms with Gasteiger partial charge in [0.1, 0.15) is 12.6 Å². The van der Waals surface area contributed by atoms with Crippen molar-refractivity contribution in [2.24, 2.45) is 0 Å². The van der Waals surface area contributed by atoms with Crippen LogP contribution in [0, 0.1) is 0 Å². The Hall–Kier alpha value is -1.51. The van der Waals surface area contributed by atoms with E-state index in [1.807, 2.05) is 21.1 Å². The fourth-order valence-corrected chi connectivity index (χ4v) is 1.32. The number of aliphatic hydroxyl groups excluding tert-OH is 2. The molecule has 2 N–H and O–H groups in total. The first-order chi connectivity index (χ1) is 9.47. The number of ether oxygens (including phenoxy) is 1. The van der Waals surface area contributed by atoms with E-state index >= 15 is 0 Å². The van der Waals surface area contributed by atoms with Gasteiger partial charge in [-0.25, -0.2) is 0 Å². The first-order valence-electron chi connectivity index (χ1n) is 6.48. The van der Waals surface area contributed by atoms with Gasteiger partial charge < -0.3 is 29.3 Å². The molecule has 0 aliphatic heterocycles. The van der Waals surface area contributed by atoms with Crippen LogP contribution in [0.2, 0.25) is 0 Å². The summed E-state index contributed by atoms with van der Waals surface area (Å²) in [5, 5.41) is 27.4. The fourth-order valence-electron chi connectivity index (χ4n) is 1.32. The SMILES string of the molecule is CC(=O)OC(=O)CCCO.C[N+](C)(C)C[C@H](O)CC(=O)[O-]. The summed E-state index contributed by atoms with van der Waals surface area (Å²) in [5.74, 6) is -2.39. The van der Waals surface area contributed by atoms with E-state index in [4.69, 9.17) is 10.2 Å². The zero-order valence-electron chi connectivity index (χ0n) is 13.0. The van der Waals surface area contributed by atoms with Gasteiger partial charge in [-0.2, -0.15) is 0 Å². The lowest BCUT2D eigenvalue weighted by atomic mass is 10.2. The molecule has 0 unspecified atom stereocenters. The molecule has 0 amide bonds. The molecule has 0 aromatic carbocycles. The lowest BCUT2D eigenvalue weighted by Gasteiger charge is -2.26. The van der Waals surface area contributed by atoms with E-state index in [9.17, 15) is 19.5 Å². The first kappa shape index (κ1) is 21.8. The highest BCUT2D eigenvalue weighted by Crippen LogP contribution is 1.97. The summed E-state index contributed by atoms with van der Waals surface area (Å²) in [7, 11) is 5.66. The molecule has 8 nitrogen and oxygen atoms in total. The van der Waals surface area contributed by atoms with Crippen LogP contribution in [0.25, 0.3) is 0 Å². The van der Waals surface area contributed by atoms with Crippen molar-refractivity contribution in [3.8, 4) is 0 Å². The summed E-state index contributed by atoms with van der Waals surface area (Å²) >= 11 is 0. The number of carboxylic acids is 1. The number of nitrogens with zero attached hydrogens (tertiary/aromatic N) is 1. The summed E-state index contributed by atoms with van der Waals surface area (Å²) in [6.45, 7) is 1.53. The molecule has 0 radical (unpaired) electrons. The number of hydrogen-bond donors (Lipinski definition) is 2. The molecule has 0 saturated carbocycles. The van der Waals surface area contributed by atoms with Crippen molar-refractivity contribution in [2.45, 2.75) is 32.3 Å². The molecule has 0 bridgehead atoms. The Morgan fingerprint density at radius 1 is 1.24 bits per heavy atom. The molecule has 21 heavy (non-hydrogen) atoms. The quantitative estimate of drug-likeness (QED) is 0.318. The monoisotopic (exact) mass is 307 g/mol. The van der Waals surface area contributed by atoms with Crippen LogP contribution in [0.15, 0.2) is 0 Å². The largest absolute Gasteiger partial charge is 0.550 e. The topological polar surface area (TPSA) is 124 Å². The molecular weight excluding hydrogens is 282 g/mol. The molecular formula is C13H25NO7. The zero-order chi connectivity index (χ0) is 17.1. The standard InChI is InChI=1S/C7H15NO3.C6H10O4/c1-8(2,3)5-6(9)4-7(10)11;1-5(8)10-6(9)3-2-4-7/h6,9H,4-5H2,1-3H3;7H,2-4H2,1H3/t6-;/m1./s1. The maximum atomic E-state index is 10.5. The van der Waals surface area contributed by atoms with E-state index in [0.29, 0.717) is 17.4 Å². The predicted octanol–water partition coefficient (Wildman–Crippen LogP) is -1.96. The van der Waals surface area contributed by atoms with Gasteiger partial charge in [-0.3, -0.25) is 9.59 Å². The summed E-state index contributed by atoms with van der Waals surface area (Å²) in [6, 6.07) is 0. The third-order valence-corrected chi connectivity index (χ3v) is 1.96. The van der Waals surface area contributed by atoms with Gasteiger partial charge >= 0.3 is 11.9 Å². The van der Waals surface area contributed by atoms with E-state index in [2.05, 4.69) is 4.74 Å². The third-order valence-electron chi connectivity index (χ3n) is 1.96. The van der Waals surface area contributed by atoms with Crippen molar-refractivity contribution in [1.82, 2.24) is 0 Å². The molecule has 0 saturated heterocycles. The number of aliphatic carboxylic acids is 1. The Morgan fingerprint density at radius 2 is 1.76 bits per heavy atom. The Labute approximate surface area is 124 Å². The van der Waals surface area contributed by atoms with Gasteiger partial charge in [0.2, 0.25) is 0 Å². The van der Waals surface area contributed by atoms with E-state index in [-0.39, 0.29) is 19.4 Å². The number of carboxylic acid groups (broad SMARTS) is 1. The number of carbonyl (C=O) groups is 3. The minimum atomic E-state index is -1.20. The maximum Gasteiger partial charge on any atom is 0.313 e. The second-order valence-electron chi connectivity index (χ2n) is 5.50. The predicted molar refractivity (Wildman–Crippen MR) is 71.6 cm³/mol. The van der Waals surface area contributed by atoms with Crippen LogP contribution < -0.4 is 5.11 Å². The van der Waals surface area contributed by atoms with Crippen molar-refractivity contribution in [2.75, 3.05) is 34.3 Å². The second kappa shape index (κ2) is 11.2. The van der Waals surface area contributed by atoms with Gasteiger partial charge in [0, 0.05) is 32.3 Å². The van der Waals surface area contributed by atoms with Crippen LogP contribution in [0.4, 0.5) is 0 Å². The number of hydrogen-bond acceptors (Lipinski definition) is 7. The number of esters is 2. The molecule has 124 valence electrons. The van der Waals surface area contributed by atoms with E-state index < -0.39 is 24.0 Å². The summed E-state index contributed by atoms with van der Waals surface area (Å²) < 4.78 is 4.71. The Kier molecular flexibility index (Phi) is 11.6. The van der Waals surface area contributed by atoms with E-state index in [1.165, 1.54) is 0 Å². The number of likely N-dealkylation sites (N-methyl/N-ethyl adjacent to an activating group) is 1. The normalized spacial score (nSPS) is 11.9. The van der Waals surface area contributed by atoms with Gasteiger partial charge in [-0.15, -0.1) is 0 Å². The fraction of sp³-hybridized carbons (Fsp3) is 0.769. The molecule has 0 aromatic rings. The summed E-state index contributed by atoms with van der Waals surface area (Å²) in [5.41, 5.74) is 0. The number of rotatable bonds is 7. The molecule has 0 spiro atoms. The van der Waals surface area contributed by atoms with Crippen LogP contribution in [-0.4, -0.2) is 73.0 Å². The van der Waals surface area contributed by atoms with Crippen LogP contribution >= 0.6 is 0 Å². The van der Waals surface area contributed by atoms with Crippen molar-refractivity contribution in [1.29, 1.82) is 0 Å². The highest BCUT2D eigenvalue weighted by Gasteiger charge is 2.14. The third kappa shape index (κ3) is 21.0. The lowest BCUT2D eigenvalue weighted by Crippen LogP contribution is -2.43. The molecule has 8 heteroatoms. The maximum absolute atomic E-state index is 10.5. The average Bonchev–Trinajstić information content (AvgIpc) is 2.22. The molecule has 0 aromatic heterocycles. The number of aliphatic hydroxyl groups is 2. The van der Waals surface area contributed by atoms with Crippen LogP contribution in [0.3, 0.4) is 0 Å². The van der Waals surface area contributed by atoms with Crippen molar-refractivity contribution in [3.63, 3.8) is 0 Å². The highest BCUT2D eigenvalue weighted by atomic mass is 16.6. The average molecular weight is 307 g/mol. The number of carbonyl (C=O) groups excluding carboxylic acids is 3. The highest BCUT2D eigenvalue weighted by molar-refractivity contribution is 5.83. The Balaban J connectivity index is 0. The van der Waals surface area contributed by atoms with Crippen LogP contribution in [-0.2, 0) is 19.1 Å². The van der Waals surface area contributed by atoms with Gasteiger partial charge in [-0.1, -0.05) is 0 Å². The minimum absolute atomic E-state index is 0.0625. The Morgan fingerprint density at radius 3 is 2.10 bits per heavy atom. The van der Waals surface area contributed by atoms with Gasteiger partial charge in [0.25, 0.3) is 0 Å². The van der Waals surface area contributed by atoms with Crippen molar-refractivity contribution >= 4 is 17.9 Å². The van der Waals surface area contributed by atoms with Crippen molar-refractivity contribution < 1.29 is 38.9 Å². The van der Waals surface area contributed by atoms with E-state index in [0.717, 1.165) is 6.92 Å². The second-order valence-corrected chi connectivity index (χ2v) is 5.50. The summed E-state index contributed by atoms with van der Waals surface area (Å²) in [6.07, 6.45) is -0.655. The van der Waals surface area contributed by atoms with E-state index in [1.54, 1.807) is 0 Å². The minimum Gasteiger partial charge on any atom is -0.550 e. The Bertz CT molecular complexity index is 336. The first-order valence-corrected chi connectivity index (χ1v) is 6.48. The molecule has 0 aliphatic carbocycles. The lowest BCUT2D eigenvalue weighted by molar-refractivity contribution is -0.873. The van der Waals surface area contributed by atoms with Crippen LogP contribution in [0.5, 0.6) is 0 Å². The smallest absolute Gasteiger partial charge is 0.313 e. The molecule has 1 atom stereocenters. The number of quaternary nitrogens is 1. The zero-order valence-corrected chi connectivity index (χ0v) is 13.0. The molecule has 0 aliphatic rings. The molecule has 0 heterocycles. The molecule has 0 rings (SSSR count). The molecule has 0 fully saturated rings. The van der Waals surface area contributed by atoms with Crippen molar-refractivity contribution in [3.05, 3.63) is 0 Å². The van der Waals surface area contributed by atoms with Gasteiger partial charge in [0.05, 0.1) is 21.1 Å². The summed E-state index contributed by atoms with van der Waals surface area (Å²) in [4.78, 5) is 30.6. The van der Waals surface area contributed by atoms with Gasteiger partial charge in [0.15, 0.2) is 0 Å².